The van der Waals surface area contributed by atoms with E-state index in [9.17, 15) is 22.3 Å². The van der Waals surface area contributed by atoms with Gasteiger partial charge in [-0.25, -0.2) is 27.2 Å². The van der Waals surface area contributed by atoms with Crippen LogP contribution in [0.2, 0.25) is 0 Å². The minimum Gasteiger partial charge on any atom is -0.497 e. The number of hydrogen-bond acceptors (Lipinski definition) is 10. The molecule has 1 aromatic heterocycles. The van der Waals surface area contributed by atoms with E-state index in [1.807, 2.05) is 0 Å². The van der Waals surface area contributed by atoms with Crippen LogP contribution in [0.5, 0.6) is 17.2 Å². The highest BCUT2D eigenvalue weighted by molar-refractivity contribution is 7.90. The summed E-state index contributed by atoms with van der Waals surface area (Å²) in [4.78, 5) is 11.0. The fourth-order valence-corrected chi connectivity index (χ4v) is 6.01. The number of methoxy groups -OCH3 is 2. The van der Waals surface area contributed by atoms with Gasteiger partial charge in [0, 0.05) is 31.7 Å². The van der Waals surface area contributed by atoms with E-state index < -0.39 is 21.5 Å². The number of rotatable bonds is 13. The fraction of sp³-hybridized carbons (Fsp3) is 0.333. The number of nitrogens with one attached hydrogen (secondary N) is 1. The van der Waals surface area contributed by atoms with Crippen LogP contribution in [0.25, 0.3) is 11.0 Å². The third-order valence-corrected chi connectivity index (χ3v) is 8.50. The fourth-order valence-electron chi connectivity index (χ4n) is 4.74. The molecule has 2 heterocycles. The van der Waals surface area contributed by atoms with E-state index in [2.05, 4.69) is 15.3 Å². The summed E-state index contributed by atoms with van der Waals surface area (Å²) >= 11 is 0. The van der Waals surface area contributed by atoms with Gasteiger partial charge in [-0.1, -0.05) is 24.3 Å². The predicted molar refractivity (Wildman–Crippen MR) is 157 cm³/mol. The molecular formula is C30H32F2N4O6S. The number of ether oxygens (including phenoxy) is 3. The van der Waals surface area contributed by atoms with Crippen LogP contribution in [0.4, 0.5) is 20.3 Å². The Morgan fingerprint density at radius 3 is 2.33 bits per heavy atom. The number of fused-ring (bicyclic) bond motifs is 1. The normalized spacial score (nSPS) is 14.7. The lowest BCUT2D eigenvalue weighted by Crippen LogP contribution is -2.55. The number of benzene rings is 3. The molecule has 0 unspecified atom stereocenters. The minimum atomic E-state index is -3.89. The van der Waals surface area contributed by atoms with E-state index in [0.717, 1.165) is 5.56 Å². The molecule has 0 amide bonds. The Bertz CT molecular complexity index is 1700. The van der Waals surface area contributed by atoms with Crippen molar-refractivity contribution in [3.8, 4) is 17.2 Å². The highest BCUT2D eigenvalue weighted by Gasteiger charge is 2.43. The quantitative estimate of drug-likeness (QED) is 0.207. The first-order valence-electron chi connectivity index (χ1n) is 13.5. The molecule has 5 rings (SSSR count). The monoisotopic (exact) mass is 614 g/mol. The van der Waals surface area contributed by atoms with Gasteiger partial charge in [0.1, 0.15) is 11.5 Å². The summed E-state index contributed by atoms with van der Waals surface area (Å²) in [5, 5.41) is 12.4. The maximum absolute atomic E-state index is 13.6. The molecule has 10 nitrogen and oxygen atoms in total. The summed E-state index contributed by atoms with van der Waals surface area (Å²) < 4.78 is 70.4. The van der Waals surface area contributed by atoms with Gasteiger partial charge in [-0.05, 0) is 29.8 Å². The van der Waals surface area contributed by atoms with Crippen molar-refractivity contribution in [1.82, 2.24) is 14.9 Å². The second-order valence-corrected chi connectivity index (χ2v) is 12.2. The van der Waals surface area contributed by atoms with Gasteiger partial charge < -0.3 is 24.6 Å². The highest BCUT2D eigenvalue weighted by Crippen LogP contribution is 2.41. The standard InChI is InChI=1S/C30H32F2N4O6S/c1-40-21-14-25(28(27(15-21)41-2)42-13-5-12-37)35-29-26(33-23-6-3-4-7-24(23)34-29)17-43(38,39)22-10-8-20(9-11-22)16-36-18-30(31,32)19-36/h3-4,6-11,14-15,37H,5,12-13,16-19H2,1-2H3,(H,34,35). The number of aliphatic hydroxyl groups excluding tert-OH is 1. The lowest BCUT2D eigenvalue weighted by molar-refractivity contribution is -0.133. The topological polar surface area (TPSA) is 123 Å². The lowest BCUT2D eigenvalue weighted by Gasteiger charge is -2.38. The predicted octanol–water partition coefficient (Wildman–Crippen LogP) is 4.58. The van der Waals surface area contributed by atoms with Crippen molar-refractivity contribution in [3.05, 3.63) is 71.9 Å². The first-order valence-corrected chi connectivity index (χ1v) is 15.2. The van der Waals surface area contributed by atoms with Crippen LogP contribution >= 0.6 is 0 Å². The molecule has 0 atom stereocenters. The summed E-state index contributed by atoms with van der Waals surface area (Å²) in [6.07, 6.45) is 0.386. The Kier molecular flexibility index (Phi) is 8.95. The van der Waals surface area contributed by atoms with Crippen LogP contribution in [0.1, 0.15) is 17.7 Å². The molecule has 228 valence electrons. The van der Waals surface area contributed by atoms with Gasteiger partial charge in [-0.2, -0.15) is 0 Å². The van der Waals surface area contributed by atoms with Crippen molar-refractivity contribution in [2.75, 3.05) is 45.8 Å². The molecule has 4 aromatic rings. The molecule has 0 radical (unpaired) electrons. The number of hydrogen-bond donors (Lipinski definition) is 2. The van der Waals surface area contributed by atoms with Crippen molar-refractivity contribution in [1.29, 1.82) is 0 Å². The summed E-state index contributed by atoms with van der Waals surface area (Å²) in [5.41, 5.74) is 2.38. The molecule has 1 fully saturated rings. The number of likely N-dealkylation sites (tertiary alicyclic amines) is 1. The number of aromatic nitrogens is 2. The van der Waals surface area contributed by atoms with Crippen molar-refractivity contribution in [2.45, 2.75) is 29.5 Å². The molecule has 0 saturated carbocycles. The Balaban J connectivity index is 1.47. The zero-order valence-corrected chi connectivity index (χ0v) is 24.5. The summed E-state index contributed by atoms with van der Waals surface area (Å²) in [6.45, 7) is -0.163. The first-order chi connectivity index (χ1) is 20.6. The number of sulfone groups is 1. The maximum Gasteiger partial charge on any atom is 0.272 e. The third-order valence-electron chi connectivity index (χ3n) is 6.85. The van der Waals surface area contributed by atoms with E-state index in [1.54, 1.807) is 53.4 Å². The van der Waals surface area contributed by atoms with Gasteiger partial charge >= 0.3 is 0 Å². The van der Waals surface area contributed by atoms with Gasteiger partial charge in [-0.15, -0.1) is 0 Å². The molecule has 1 aliphatic rings. The van der Waals surface area contributed by atoms with Gasteiger partial charge in [-0.3, -0.25) is 4.90 Å². The number of nitrogens with zero attached hydrogens (tertiary/aromatic N) is 3. The van der Waals surface area contributed by atoms with Crippen LogP contribution in [-0.4, -0.2) is 74.8 Å². The number of aliphatic hydroxyl groups is 1. The van der Waals surface area contributed by atoms with Crippen LogP contribution < -0.4 is 19.5 Å². The molecule has 0 aliphatic carbocycles. The Labute approximate surface area is 248 Å². The van der Waals surface area contributed by atoms with Crippen LogP contribution in [0, 0.1) is 0 Å². The molecule has 2 N–H and O–H groups in total. The number of halogens is 2. The minimum absolute atomic E-state index is 0.0609. The summed E-state index contributed by atoms with van der Waals surface area (Å²) in [6, 6.07) is 16.6. The van der Waals surface area contributed by atoms with Gasteiger partial charge in [0.05, 0.1) is 61.2 Å². The lowest BCUT2D eigenvalue weighted by atomic mass is 10.1. The van der Waals surface area contributed by atoms with Crippen LogP contribution in [0.15, 0.2) is 65.6 Å². The Hall–Kier alpha value is -4.07. The third kappa shape index (κ3) is 7.12. The van der Waals surface area contributed by atoms with Crippen molar-refractivity contribution in [3.63, 3.8) is 0 Å². The molecule has 43 heavy (non-hydrogen) atoms. The summed E-state index contributed by atoms with van der Waals surface area (Å²) in [5.74, 6) is -1.79. The van der Waals surface area contributed by atoms with Crippen molar-refractivity contribution in [2.24, 2.45) is 0 Å². The van der Waals surface area contributed by atoms with E-state index in [0.29, 0.717) is 46.9 Å². The van der Waals surface area contributed by atoms with E-state index in [4.69, 9.17) is 14.2 Å². The van der Waals surface area contributed by atoms with Crippen LogP contribution in [0.3, 0.4) is 0 Å². The molecule has 0 bridgehead atoms. The van der Waals surface area contributed by atoms with E-state index >= 15 is 0 Å². The van der Waals surface area contributed by atoms with Crippen molar-refractivity contribution < 1.29 is 36.5 Å². The largest absolute Gasteiger partial charge is 0.497 e. The zero-order valence-electron chi connectivity index (χ0n) is 23.7. The number of para-hydroxylation sites is 2. The smallest absolute Gasteiger partial charge is 0.272 e. The average Bonchev–Trinajstić information content (AvgIpc) is 2.97. The molecule has 1 saturated heterocycles. The maximum atomic E-state index is 13.6. The van der Waals surface area contributed by atoms with Crippen LogP contribution in [-0.2, 0) is 22.1 Å². The molecule has 3 aromatic carbocycles. The SMILES string of the molecule is COc1cc(Nc2nc3ccccc3nc2CS(=O)(=O)c2ccc(CN3CC(F)(F)C3)cc2)c(OCCCO)c(OC)c1. The first kappa shape index (κ1) is 30.4. The molecule has 13 heteroatoms. The number of anilines is 2. The summed E-state index contributed by atoms with van der Waals surface area (Å²) in [7, 11) is -0.906. The van der Waals surface area contributed by atoms with Gasteiger partial charge in [0.25, 0.3) is 5.92 Å². The van der Waals surface area contributed by atoms with E-state index in [1.165, 1.54) is 26.4 Å². The Morgan fingerprint density at radius 1 is 1.00 bits per heavy atom. The van der Waals surface area contributed by atoms with E-state index in [-0.39, 0.29) is 42.7 Å². The van der Waals surface area contributed by atoms with Gasteiger partial charge in [0.2, 0.25) is 0 Å². The van der Waals surface area contributed by atoms with Crippen molar-refractivity contribution >= 4 is 32.4 Å². The zero-order chi connectivity index (χ0) is 30.6. The second kappa shape index (κ2) is 12.7. The molecular weight excluding hydrogens is 582 g/mol. The highest BCUT2D eigenvalue weighted by atomic mass is 32.2. The average molecular weight is 615 g/mol. The van der Waals surface area contributed by atoms with Gasteiger partial charge in [0.15, 0.2) is 27.2 Å². The second-order valence-electron chi connectivity index (χ2n) is 10.2. The molecule has 1 aliphatic heterocycles. The molecule has 0 spiro atoms. The Morgan fingerprint density at radius 2 is 1.70 bits per heavy atom. The number of alkyl halides is 2.